The lowest BCUT2D eigenvalue weighted by Crippen LogP contribution is -2.26. The Hall–Kier alpha value is -0.300. The van der Waals surface area contributed by atoms with Gasteiger partial charge in [0.2, 0.25) is 0 Å². The molecule has 1 aromatic rings. The molecule has 0 saturated heterocycles. The summed E-state index contributed by atoms with van der Waals surface area (Å²) in [7, 11) is 0. The van der Waals surface area contributed by atoms with Crippen LogP contribution in [0.2, 0.25) is 0 Å². The first-order valence-corrected chi connectivity index (χ1v) is 11.3. The normalized spacial score (nSPS) is 31.1. The maximum atomic E-state index is 3.53. The second kappa shape index (κ2) is 9.41. The summed E-state index contributed by atoms with van der Waals surface area (Å²) in [6, 6.07) is 8.93. The third-order valence-corrected chi connectivity index (χ3v) is 7.43. The Morgan fingerprint density at radius 1 is 0.750 bits per heavy atom. The summed E-state index contributed by atoms with van der Waals surface area (Å²) in [5, 5.41) is 0. The van der Waals surface area contributed by atoms with E-state index in [1.54, 1.807) is 12.8 Å². The quantitative estimate of drug-likeness (QED) is 0.464. The van der Waals surface area contributed by atoms with Crippen molar-refractivity contribution < 1.29 is 0 Å². The van der Waals surface area contributed by atoms with Crippen molar-refractivity contribution in [2.24, 2.45) is 23.7 Å². The van der Waals surface area contributed by atoms with Crippen LogP contribution in [0.3, 0.4) is 0 Å². The van der Waals surface area contributed by atoms with Crippen LogP contribution in [0.15, 0.2) is 28.7 Å². The van der Waals surface area contributed by atoms with Crippen molar-refractivity contribution in [3.63, 3.8) is 0 Å². The molecule has 2 aliphatic carbocycles. The standard InChI is InChI=1S/C23H35Br/c1-2-3-18-6-12-21(13-7-18)22-14-8-19(9-15-22)4-5-20-10-16-23(24)17-11-20/h10-11,16-19,21-22H,2-9,12-15H2,1H3. The summed E-state index contributed by atoms with van der Waals surface area (Å²) in [6.45, 7) is 2.35. The largest absolute Gasteiger partial charge is 0.0654 e. The molecule has 0 aromatic heterocycles. The van der Waals surface area contributed by atoms with E-state index in [4.69, 9.17) is 0 Å². The minimum Gasteiger partial charge on any atom is -0.0654 e. The van der Waals surface area contributed by atoms with E-state index in [0.29, 0.717) is 0 Å². The lowest BCUT2D eigenvalue weighted by molar-refractivity contribution is 0.141. The van der Waals surface area contributed by atoms with E-state index in [0.717, 1.165) is 23.7 Å². The van der Waals surface area contributed by atoms with Gasteiger partial charge in [-0.2, -0.15) is 0 Å². The Morgan fingerprint density at radius 3 is 1.75 bits per heavy atom. The van der Waals surface area contributed by atoms with Crippen molar-refractivity contribution >= 4 is 15.9 Å². The van der Waals surface area contributed by atoms with E-state index < -0.39 is 0 Å². The second-order valence-electron chi connectivity index (χ2n) is 8.52. The smallest absolute Gasteiger partial charge is 0.0175 e. The predicted octanol–water partition coefficient (Wildman–Crippen LogP) is 7.79. The summed E-state index contributed by atoms with van der Waals surface area (Å²) < 4.78 is 1.19. The molecule has 2 saturated carbocycles. The fourth-order valence-electron chi connectivity index (χ4n) is 5.33. The molecule has 1 heteroatoms. The highest BCUT2D eigenvalue weighted by Gasteiger charge is 2.30. The molecule has 0 amide bonds. The summed E-state index contributed by atoms with van der Waals surface area (Å²) >= 11 is 3.53. The van der Waals surface area contributed by atoms with E-state index >= 15 is 0 Å². The van der Waals surface area contributed by atoms with E-state index in [1.165, 1.54) is 74.2 Å². The second-order valence-corrected chi connectivity index (χ2v) is 9.43. The summed E-state index contributed by atoms with van der Waals surface area (Å²) in [5.74, 6) is 4.19. The van der Waals surface area contributed by atoms with Gasteiger partial charge in [0, 0.05) is 4.47 Å². The predicted molar refractivity (Wildman–Crippen MR) is 108 cm³/mol. The maximum absolute atomic E-state index is 3.53. The van der Waals surface area contributed by atoms with E-state index in [9.17, 15) is 0 Å². The van der Waals surface area contributed by atoms with Gasteiger partial charge in [0.25, 0.3) is 0 Å². The molecule has 0 atom stereocenters. The van der Waals surface area contributed by atoms with Gasteiger partial charge in [0.15, 0.2) is 0 Å². The SMILES string of the molecule is CCCC1CCC(C2CCC(CCc3ccc(Br)cc3)CC2)CC1. The highest BCUT2D eigenvalue weighted by atomic mass is 79.9. The van der Waals surface area contributed by atoms with Crippen LogP contribution in [0.4, 0.5) is 0 Å². The van der Waals surface area contributed by atoms with Gasteiger partial charge < -0.3 is 0 Å². The number of benzene rings is 1. The van der Waals surface area contributed by atoms with Crippen LogP contribution in [0.25, 0.3) is 0 Å². The Bertz CT molecular complexity index is 461. The molecule has 134 valence electrons. The molecular weight excluding hydrogens is 356 g/mol. The molecule has 0 nitrogen and oxygen atoms in total. The fourth-order valence-corrected chi connectivity index (χ4v) is 5.59. The van der Waals surface area contributed by atoms with Gasteiger partial charge in [-0.25, -0.2) is 0 Å². The molecule has 0 radical (unpaired) electrons. The zero-order valence-corrected chi connectivity index (χ0v) is 17.1. The van der Waals surface area contributed by atoms with Crippen molar-refractivity contribution in [1.29, 1.82) is 0 Å². The Labute approximate surface area is 157 Å². The number of hydrogen-bond acceptors (Lipinski definition) is 0. The highest BCUT2D eigenvalue weighted by molar-refractivity contribution is 9.10. The van der Waals surface area contributed by atoms with Gasteiger partial charge in [-0.15, -0.1) is 0 Å². The molecule has 0 N–H and O–H groups in total. The van der Waals surface area contributed by atoms with Crippen LogP contribution in [-0.2, 0) is 6.42 Å². The minimum atomic E-state index is 0.987. The molecule has 24 heavy (non-hydrogen) atoms. The van der Waals surface area contributed by atoms with E-state index in [2.05, 4.69) is 47.1 Å². The van der Waals surface area contributed by atoms with Crippen molar-refractivity contribution in [3.05, 3.63) is 34.3 Å². The lowest BCUT2D eigenvalue weighted by atomic mass is 9.68. The number of halogens is 1. The van der Waals surface area contributed by atoms with Gasteiger partial charge in [0.1, 0.15) is 0 Å². The Morgan fingerprint density at radius 2 is 1.25 bits per heavy atom. The van der Waals surface area contributed by atoms with Gasteiger partial charge in [-0.05, 0) is 79.9 Å². The van der Waals surface area contributed by atoms with E-state index in [1.807, 2.05) is 0 Å². The third kappa shape index (κ3) is 5.35. The number of aryl methyl sites for hydroxylation is 1. The topological polar surface area (TPSA) is 0 Å². The van der Waals surface area contributed by atoms with Crippen LogP contribution in [0.5, 0.6) is 0 Å². The fraction of sp³-hybridized carbons (Fsp3) is 0.739. The van der Waals surface area contributed by atoms with Crippen molar-refractivity contribution in [2.45, 2.75) is 84.0 Å². The molecule has 0 aliphatic heterocycles. The highest BCUT2D eigenvalue weighted by Crippen LogP contribution is 2.42. The molecule has 0 bridgehead atoms. The van der Waals surface area contributed by atoms with Crippen LogP contribution in [-0.4, -0.2) is 0 Å². The average Bonchev–Trinajstić information content (AvgIpc) is 2.63. The molecule has 0 heterocycles. The van der Waals surface area contributed by atoms with Crippen molar-refractivity contribution in [2.75, 3.05) is 0 Å². The number of hydrogen-bond donors (Lipinski definition) is 0. The molecule has 2 fully saturated rings. The maximum Gasteiger partial charge on any atom is 0.0175 e. The van der Waals surface area contributed by atoms with Crippen molar-refractivity contribution in [3.8, 4) is 0 Å². The molecule has 1 aromatic carbocycles. The third-order valence-electron chi connectivity index (χ3n) is 6.90. The van der Waals surface area contributed by atoms with Crippen LogP contribution < -0.4 is 0 Å². The van der Waals surface area contributed by atoms with Crippen LogP contribution in [0, 0.1) is 23.7 Å². The number of rotatable bonds is 6. The summed E-state index contributed by atoms with van der Waals surface area (Å²) in [5.41, 5.74) is 1.51. The zero-order chi connectivity index (χ0) is 16.8. The monoisotopic (exact) mass is 390 g/mol. The lowest BCUT2D eigenvalue weighted by Gasteiger charge is -2.38. The molecule has 0 unspecified atom stereocenters. The van der Waals surface area contributed by atoms with Crippen molar-refractivity contribution in [1.82, 2.24) is 0 Å². The first-order chi connectivity index (χ1) is 11.7. The van der Waals surface area contributed by atoms with Gasteiger partial charge in [0.05, 0.1) is 0 Å². The van der Waals surface area contributed by atoms with E-state index in [-0.39, 0.29) is 0 Å². The summed E-state index contributed by atoms with van der Waals surface area (Å²) in [4.78, 5) is 0. The zero-order valence-electron chi connectivity index (χ0n) is 15.5. The Balaban J connectivity index is 1.36. The molecule has 2 aliphatic rings. The first-order valence-electron chi connectivity index (χ1n) is 10.5. The van der Waals surface area contributed by atoms with Gasteiger partial charge >= 0.3 is 0 Å². The van der Waals surface area contributed by atoms with Gasteiger partial charge in [-0.1, -0.05) is 73.5 Å². The summed E-state index contributed by atoms with van der Waals surface area (Å²) in [6.07, 6.45) is 17.7. The minimum absolute atomic E-state index is 0.987. The molecule has 3 rings (SSSR count). The van der Waals surface area contributed by atoms with Crippen LogP contribution in [0.1, 0.15) is 83.1 Å². The molecule has 0 spiro atoms. The average molecular weight is 391 g/mol. The van der Waals surface area contributed by atoms with Gasteiger partial charge in [-0.3, -0.25) is 0 Å². The Kier molecular flexibility index (Phi) is 7.25. The first kappa shape index (κ1) is 18.5. The van der Waals surface area contributed by atoms with Crippen LogP contribution >= 0.6 is 15.9 Å². The molecular formula is C23H35Br.